The zero-order chi connectivity index (χ0) is 24.7. The van der Waals surface area contributed by atoms with E-state index in [4.69, 9.17) is 0 Å². The van der Waals surface area contributed by atoms with E-state index in [0.717, 1.165) is 31.5 Å². The zero-order valence-electron chi connectivity index (χ0n) is 18.6. The van der Waals surface area contributed by atoms with Gasteiger partial charge in [0, 0.05) is 44.0 Å². The Balaban J connectivity index is 0.00000187. The third-order valence-corrected chi connectivity index (χ3v) is 5.17. The van der Waals surface area contributed by atoms with E-state index in [1.807, 2.05) is 6.92 Å². The van der Waals surface area contributed by atoms with Crippen LogP contribution in [0.3, 0.4) is 0 Å². The van der Waals surface area contributed by atoms with Crippen molar-refractivity contribution in [3.8, 4) is 5.75 Å². The molecule has 1 unspecified atom stereocenters. The lowest BCUT2D eigenvalue weighted by Crippen LogP contribution is -2.39. The van der Waals surface area contributed by atoms with Gasteiger partial charge in [-0.05, 0) is 32.3 Å². The largest absolute Gasteiger partial charge is 0.502 e. The van der Waals surface area contributed by atoms with Crippen LogP contribution in [0.2, 0.25) is 0 Å². The molecule has 3 N–H and O–H groups in total. The highest BCUT2D eigenvalue weighted by atomic mass is 19.1. The lowest BCUT2D eigenvalue weighted by Gasteiger charge is -2.26. The summed E-state index contributed by atoms with van der Waals surface area (Å²) in [5.74, 6) is -3.87. The third-order valence-electron chi connectivity index (χ3n) is 5.17. The number of aromatic nitrogens is 1. The van der Waals surface area contributed by atoms with Gasteiger partial charge in [0.05, 0.1) is 7.18 Å². The van der Waals surface area contributed by atoms with Gasteiger partial charge in [-0.1, -0.05) is 6.07 Å². The first-order valence-electron chi connectivity index (χ1n) is 10.3. The van der Waals surface area contributed by atoms with Crippen LogP contribution in [0.15, 0.2) is 29.2 Å². The van der Waals surface area contributed by atoms with Gasteiger partial charge in [0.15, 0.2) is 11.4 Å². The van der Waals surface area contributed by atoms with Gasteiger partial charge in [-0.2, -0.15) is 0 Å². The molecule has 180 valence electrons. The van der Waals surface area contributed by atoms with Gasteiger partial charge >= 0.3 is 0 Å². The van der Waals surface area contributed by atoms with Crippen LogP contribution in [-0.4, -0.2) is 53.3 Å². The number of alkyl halides is 1. The monoisotopic (exact) mass is 468 g/mol. The number of aromatic hydroxyl groups is 1. The Hall–Kier alpha value is -3.50. The number of rotatable bonds is 3. The number of carbonyl (C=O) groups excluding carboxylic acids is 2. The van der Waals surface area contributed by atoms with E-state index in [9.17, 15) is 32.7 Å². The number of carbonyl (C=O) groups is 2. The fourth-order valence-corrected chi connectivity index (χ4v) is 3.39. The SMILES string of the molecule is CC1CCCCN(C)C(=O)c2c(O)c(=O)c(C(=O)NCc3ccc(F)cc3F)cn2N1.CF. The van der Waals surface area contributed by atoms with E-state index in [1.165, 1.54) is 15.6 Å². The molecule has 2 amide bonds. The van der Waals surface area contributed by atoms with E-state index in [-0.39, 0.29) is 23.8 Å². The Kier molecular flexibility index (Phi) is 8.89. The molecule has 0 spiro atoms. The van der Waals surface area contributed by atoms with Gasteiger partial charge in [0.25, 0.3) is 11.8 Å². The van der Waals surface area contributed by atoms with Crippen molar-refractivity contribution in [3.63, 3.8) is 0 Å². The van der Waals surface area contributed by atoms with Gasteiger partial charge in [-0.3, -0.25) is 23.5 Å². The second-order valence-electron chi connectivity index (χ2n) is 7.61. The van der Waals surface area contributed by atoms with Gasteiger partial charge < -0.3 is 20.7 Å². The Labute approximate surface area is 189 Å². The number of fused-ring (bicyclic) bond motifs is 1. The summed E-state index contributed by atoms with van der Waals surface area (Å²) in [6, 6.07) is 2.82. The minimum Gasteiger partial charge on any atom is -0.502 e. The standard InChI is InChI=1S/C21H24F2N4O4.CH3F/c1-12-5-3-4-8-26(2)21(31)17-19(29)18(28)15(11-27(17)25-12)20(30)24-10-13-6-7-14(22)9-16(13)23;1-2/h6-7,9,11-12,25,29H,3-5,8,10H2,1-2H3,(H,24,30);1H3. The molecule has 1 atom stereocenters. The van der Waals surface area contributed by atoms with Crippen molar-refractivity contribution < 1.29 is 27.9 Å². The van der Waals surface area contributed by atoms with Gasteiger partial charge in [-0.25, -0.2) is 8.78 Å². The van der Waals surface area contributed by atoms with Gasteiger partial charge in [-0.15, -0.1) is 0 Å². The maximum atomic E-state index is 13.8. The molecule has 0 bridgehead atoms. The Morgan fingerprint density at radius 1 is 1.24 bits per heavy atom. The number of hydrogen-bond acceptors (Lipinski definition) is 5. The summed E-state index contributed by atoms with van der Waals surface area (Å²) in [5.41, 5.74) is 1.35. The second kappa shape index (κ2) is 11.4. The van der Waals surface area contributed by atoms with Crippen LogP contribution in [0.4, 0.5) is 13.2 Å². The number of amides is 2. The van der Waals surface area contributed by atoms with Crippen molar-refractivity contribution in [1.29, 1.82) is 0 Å². The highest BCUT2D eigenvalue weighted by Crippen LogP contribution is 2.18. The molecule has 0 fully saturated rings. The molecule has 0 saturated carbocycles. The minimum absolute atomic E-state index is 0.0293. The summed E-state index contributed by atoms with van der Waals surface area (Å²) < 4.78 is 37.5. The first-order valence-corrected chi connectivity index (χ1v) is 10.3. The summed E-state index contributed by atoms with van der Waals surface area (Å²) in [7, 11) is 2.07. The molecule has 3 rings (SSSR count). The summed E-state index contributed by atoms with van der Waals surface area (Å²) in [4.78, 5) is 39.4. The highest BCUT2D eigenvalue weighted by molar-refractivity contribution is 5.98. The predicted molar refractivity (Wildman–Crippen MR) is 117 cm³/mol. The van der Waals surface area contributed by atoms with Crippen LogP contribution in [0.25, 0.3) is 0 Å². The second-order valence-corrected chi connectivity index (χ2v) is 7.61. The molecule has 33 heavy (non-hydrogen) atoms. The maximum absolute atomic E-state index is 13.8. The molecule has 1 aromatic carbocycles. The van der Waals surface area contributed by atoms with Crippen molar-refractivity contribution in [3.05, 3.63) is 63.1 Å². The van der Waals surface area contributed by atoms with E-state index >= 15 is 0 Å². The van der Waals surface area contributed by atoms with Crippen molar-refractivity contribution in [2.24, 2.45) is 0 Å². The minimum atomic E-state index is -1.02. The first kappa shape index (κ1) is 25.8. The lowest BCUT2D eigenvalue weighted by atomic mass is 10.1. The Morgan fingerprint density at radius 2 is 1.94 bits per heavy atom. The van der Waals surface area contributed by atoms with Crippen LogP contribution in [0, 0.1) is 11.6 Å². The molecular weight excluding hydrogens is 441 g/mol. The number of pyridine rings is 1. The van der Waals surface area contributed by atoms with Crippen LogP contribution in [-0.2, 0) is 6.54 Å². The molecule has 0 radical (unpaired) electrons. The Bertz CT molecular complexity index is 1070. The molecule has 1 aliphatic rings. The molecule has 0 aliphatic carbocycles. The molecule has 2 heterocycles. The van der Waals surface area contributed by atoms with Gasteiger partial charge in [0.2, 0.25) is 5.43 Å². The number of halogens is 3. The topological polar surface area (TPSA) is 104 Å². The predicted octanol–water partition coefficient (Wildman–Crippen LogP) is 2.54. The van der Waals surface area contributed by atoms with E-state index < -0.39 is 40.2 Å². The third kappa shape index (κ3) is 6.05. The molecule has 11 heteroatoms. The van der Waals surface area contributed by atoms with E-state index in [2.05, 4.69) is 10.7 Å². The normalized spacial score (nSPS) is 16.1. The zero-order valence-corrected chi connectivity index (χ0v) is 18.6. The first-order chi connectivity index (χ1) is 15.7. The molecule has 8 nitrogen and oxygen atoms in total. The van der Waals surface area contributed by atoms with Crippen LogP contribution in [0.1, 0.15) is 52.6 Å². The number of nitrogens with one attached hydrogen (secondary N) is 2. The van der Waals surface area contributed by atoms with Crippen molar-refractivity contribution in [2.75, 3.05) is 26.2 Å². The van der Waals surface area contributed by atoms with Crippen molar-refractivity contribution in [2.45, 2.75) is 38.8 Å². The fraction of sp³-hybridized carbons (Fsp3) is 0.409. The van der Waals surface area contributed by atoms with E-state index in [0.29, 0.717) is 19.8 Å². The van der Waals surface area contributed by atoms with Crippen molar-refractivity contribution >= 4 is 11.8 Å². The van der Waals surface area contributed by atoms with Gasteiger partial charge in [0.1, 0.15) is 17.2 Å². The smallest absolute Gasteiger partial charge is 0.276 e. The summed E-state index contributed by atoms with van der Waals surface area (Å²) >= 11 is 0. The fourth-order valence-electron chi connectivity index (χ4n) is 3.39. The van der Waals surface area contributed by atoms with E-state index in [1.54, 1.807) is 7.05 Å². The lowest BCUT2D eigenvalue weighted by molar-refractivity contribution is 0.0774. The van der Waals surface area contributed by atoms with Crippen molar-refractivity contribution in [1.82, 2.24) is 14.9 Å². The number of hydrogen-bond donors (Lipinski definition) is 3. The molecule has 2 aromatic rings. The molecular formula is C22H27F3N4O4. The summed E-state index contributed by atoms with van der Waals surface area (Å²) in [6.07, 6.45) is 3.57. The number of nitrogens with zero attached hydrogens (tertiary/aromatic N) is 2. The Morgan fingerprint density at radius 3 is 2.61 bits per heavy atom. The molecule has 1 aromatic heterocycles. The molecule has 0 saturated heterocycles. The molecule has 1 aliphatic heterocycles. The van der Waals surface area contributed by atoms with Crippen LogP contribution >= 0.6 is 0 Å². The number of benzene rings is 1. The summed E-state index contributed by atoms with van der Waals surface area (Å²) in [5, 5.41) is 12.9. The average Bonchev–Trinajstić information content (AvgIpc) is 2.78. The highest BCUT2D eigenvalue weighted by Gasteiger charge is 2.27. The summed E-state index contributed by atoms with van der Waals surface area (Å²) in [6.45, 7) is 2.05. The average molecular weight is 468 g/mol. The maximum Gasteiger partial charge on any atom is 0.276 e. The quantitative estimate of drug-likeness (QED) is 0.643. The van der Waals surface area contributed by atoms with Crippen LogP contribution in [0.5, 0.6) is 5.75 Å². The van der Waals surface area contributed by atoms with Crippen LogP contribution < -0.4 is 16.2 Å².